The van der Waals surface area contributed by atoms with E-state index in [2.05, 4.69) is 30.7 Å². The van der Waals surface area contributed by atoms with Gasteiger partial charge in [-0.05, 0) is 44.2 Å². The monoisotopic (exact) mass is 337 g/mol. The normalized spacial score (nSPS) is 18.0. The lowest BCUT2D eigenvalue weighted by Gasteiger charge is -2.29. The van der Waals surface area contributed by atoms with Crippen molar-refractivity contribution in [2.45, 2.75) is 64.8 Å². The zero-order valence-corrected chi connectivity index (χ0v) is 15.3. The number of hydrogen-bond donors (Lipinski definition) is 0. The van der Waals surface area contributed by atoms with Crippen LogP contribution >= 0.6 is 0 Å². The van der Waals surface area contributed by atoms with E-state index >= 15 is 0 Å². The van der Waals surface area contributed by atoms with E-state index < -0.39 is 0 Å². The Hall–Kier alpha value is -2.10. The summed E-state index contributed by atoms with van der Waals surface area (Å²) in [7, 11) is 0. The maximum absolute atomic E-state index is 13.4. The van der Waals surface area contributed by atoms with Gasteiger partial charge in [-0.15, -0.1) is 0 Å². The van der Waals surface area contributed by atoms with Crippen molar-refractivity contribution in [3.63, 3.8) is 0 Å². The topological polar surface area (TPSA) is 38.1 Å². The third kappa shape index (κ3) is 2.78. The van der Waals surface area contributed by atoms with Gasteiger partial charge in [0.25, 0.3) is 5.91 Å². The Bertz CT molecular complexity index is 786. The highest BCUT2D eigenvalue weighted by Crippen LogP contribution is 2.35. The average Bonchev–Trinajstić information content (AvgIpc) is 3.25. The van der Waals surface area contributed by atoms with Gasteiger partial charge in [0.1, 0.15) is 5.69 Å². The Labute approximate surface area is 149 Å². The number of para-hydroxylation sites is 1. The van der Waals surface area contributed by atoms with Crippen molar-refractivity contribution in [1.29, 1.82) is 0 Å². The summed E-state index contributed by atoms with van der Waals surface area (Å²) in [5.74, 6) is 0.136. The molecule has 1 aliphatic carbocycles. The summed E-state index contributed by atoms with van der Waals surface area (Å²) in [6.07, 6.45) is 7.76. The SMILES string of the molecule is CCCc1nn(C2CCCC2)c2c1CCN(c1ccccc1C)C2=O. The fourth-order valence-electron chi connectivity index (χ4n) is 4.40. The number of anilines is 1. The summed E-state index contributed by atoms with van der Waals surface area (Å²) in [6.45, 7) is 5.02. The quantitative estimate of drug-likeness (QED) is 0.826. The van der Waals surface area contributed by atoms with Crippen molar-refractivity contribution >= 4 is 11.6 Å². The van der Waals surface area contributed by atoms with Gasteiger partial charge in [0, 0.05) is 17.8 Å². The zero-order valence-electron chi connectivity index (χ0n) is 15.3. The lowest BCUT2D eigenvalue weighted by molar-refractivity contribution is 0.0967. The highest BCUT2D eigenvalue weighted by Gasteiger charge is 2.35. The summed E-state index contributed by atoms with van der Waals surface area (Å²) in [5.41, 5.74) is 5.42. The second-order valence-corrected chi connectivity index (χ2v) is 7.40. The van der Waals surface area contributed by atoms with Crippen molar-refractivity contribution in [3.8, 4) is 0 Å². The minimum absolute atomic E-state index is 0.136. The number of aryl methyl sites for hydroxylation is 2. The second-order valence-electron chi connectivity index (χ2n) is 7.40. The Morgan fingerprint density at radius 3 is 2.68 bits per heavy atom. The molecule has 0 saturated heterocycles. The van der Waals surface area contributed by atoms with Crippen molar-refractivity contribution in [1.82, 2.24) is 9.78 Å². The first-order valence-corrected chi connectivity index (χ1v) is 9.68. The molecule has 0 bridgehead atoms. The van der Waals surface area contributed by atoms with Gasteiger partial charge in [-0.25, -0.2) is 0 Å². The molecule has 132 valence electrons. The molecule has 0 N–H and O–H groups in total. The van der Waals surface area contributed by atoms with Gasteiger partial charge >= 0.3 is 0 Å². The predicted molar refractivity (Wildman–Crippen MR) is 100 cm³/mol. The summed E-state index contributed by atoms with van der Waals surface area (Å²) < 4.78 is 2.10. The van der Waals surface area contributed by atoms with E-state index in [9.17, 15) is 4.79 Å². The molecule has 1 amide bonds. The van der Waals surface area contributed by atoms with E-state index in [1.165, 1.54) is 18.4 Å². The number of fused-ring (bicyclic) bond motifs is 1. The standard InChI is InChI=1S/C21H27N3O/c1-3-8-18-17-13-14-23(19-12-7-4-9-15(19)2)21(25)20(17)24(22-18)16-10-5-6-11-16/h4,7,9,12,16H,3,5-6,8,10-11,13-14H2,1-2H3. The third-order valence-corrected chi connectivity index (χ3v) is 5.69. The molecule has 1 saturated carbocycles. The fourth-order valence-corrected chi connectivity index (χ4v) is 4.40. The van der Waals surface area contributed by atoms with E-state index in [1.54, 1.807) is 0 Å². The predicted octanol–water partition coefficient (Wildman–Crippen LogP) is 4.46. The molecule has 25 heavy (non-hydrogen) atoms. The number of aromatic nitrogens is 2. The maximum Gasteiger partial charge on any atom is 0.276 e. The zero-order chi connectivity index (χ0) is 17.4. The van der Waals surface area contributed by atoms with E-state index in [-0.39, 0.29) is 5.91 Å². The van der Waals surface area contributed by atoms with E-state index in [0.29, 0.717) is 6.04 Å². The van der Waals surface area contributed by atoms with Gasteiger partial charge in [0.2, 0.25) is 0 Å². The molecule has 4 rings (SSSR count). The van der Waals surface area contributed by atoms with E-state index in [0.717, 1.165) is 61.3 Å². The van der Waals surface area contributed by atoms with Crippen molar-refractivity contribution in [3.05, 3.63) is 46.8 Å². The first-order chi connectivity index (χ1) is 12.2. The summed E-state index contributed by atoms with van der Waals surface area (Å²) in [6, 6.07) is 8.58. The fraction of sp³-hybridized carbons (Fsp3) is 0.524. The van der Waals surface area contributed by atoms with Gasteiger partial charge < -0.3 is 4.90 Å². The molecule has 4 nitrogen and oxygen atoms in total. The lowest BCUT2D eigenvalue weighted by atomic mass is 10.00. The van der Waals surface area contributed by atoms with Crippen LogP contribution in [0.25, 0.3) is 0 Å². The second kappa shape index (κ2) is 6.66. The average molecular weight is 337 g/mol. The summed E-state index contributed by atoms with van der Waals surface area (Å²) >= 11 is 0. The number of carbonyl (C=O) groups excluding carboxylic acids is 1. The minimum Gasteiger partial charge on any atom is -0.306 e. The molecule has 1 aromatic heterocycles. The molecule has 2 aromatic rings. The largest absolute Gasteiger partial charge is 0.306 e. The molecule has 1 fully saturated rings. The number of rotatable bonds is 4. The van der Waals surface area contributed by atoms with E-state index in [4.69, 9.17) is 5.10 Å². The number of hydrogen-bond acceptors (Lipinski definition) is 2. The first kappa shape index (κ1) is 16.4. The van der Waals surface area contributed by atoms with Crippen molar-refractivity contribution < 1.29 is 4.79 Å². The van der Waals surface area contributed by atoms with Crippen LogP contribution in [0.1, 0.15) is 72.4 Å². The van der Waals surface area contributed by atoms with Crippen LogP contribution in [0, 0.1) is 6.92 Å². The van der Waals surface area contributed by atoms with Gasteiger partial charge in [0.05, 0.1) is 11.7 Å². The molecule has 0 unspecified atom stereocenters. The van der Waals surface area contributed by atoms with Crippen LogP contribution in [0.15, 0.2) is 24.3 Å². The van der Waals surface area contributed by atoms with Gasteiger partial charge in [-0.1, -0.05) is 44.4 Å². The number of nitrogens with zero attached hydrogens (tertiary/aromatic N) is 3. The van der Waals surface area contributed by atoms with Crippen LogP contribution in [0.5, 0.6) is 0 Å². The Balaban J connectivity index is 1.77. The van der Waals surface area contributed by atoms with Gasteiger partial charge in [0.15, 0.2) is 0 Å². The third-order valence-electron chi connectivity index (χ3n) is 5.69. The molecule has 1 aromatic carbocycles. The highest BCUT2D eigenvalue weighted by molar-refractivity contribution is 6.07. The number of carbonyl (C=O) groups is 1. The minimum atomic E-state index is 0.136. The summed E-state index contributed by atoms with van der Waals surface area (Å²) in [5, 5.41) is 4.93. The Morgan fingerprint density at radius 2 is 1.96 bits per heavy atom. The van der Waals surface area contributed by atoms with Crippen LogP contribution in [0.2, 0.25) is 0 Å². The molecule has 2 heterocycles. The van der Waals surface area contributed by atoms with Gasteiger partial charge in [-0.3, -0.25) is 9.48 Å². The molecule has 4 heteroatoms. The van der Waals surface area contributed by atoms with E-state index in [1.807, 2.05) is 17.0 Å². The van der Waals surface area contributed by atoms with Crippen molar-refractivity contribution in [2.24, 2.45) is 0 Å². The lowest BCUT2D eigenvalue weighted by Crippen LogP contribution is -2.39. The first-order valence-electron chi connectivity index (χ1n) is 9.68. The van der Waals surface area contributed by atoms with Gasteiger partial charge in [-0.2, -0.15) is 5.10 Å². The molecule has 0 radical (unpaired) electrons. The van der Waals surface area contributed by atoms with Crippen LogP contribution in [0.3, 0.4) is 0 Å². The van der Waals surface area contributed by atoms with Crippen LogP contribution < -0.4 is 4.90 Å². The maximum atomic E-state index is 13.4. The molecule has 0 spiro atoms. The number of amides is 1. The molecule has 0 atom stereocenters. The molecule has 2 aliphatic rings. The van der Waals surface area contributed by atoms with Crippen LogP contribution in [-0.2, 0) is 12.8 Å². The van der Waals surface area contributed by atoms with Crippen LogP contribution in [-0.4, -0.2) is 22.2 Å². The number of benzene rings is 1. The smallest absolute Gasteiger partial charge is 0.276 e. The Morgan fingerprint density at radius 1 is 1.20 bits per heavy atom. The Kier molecular flexibility index (Phi) is 4.36. The molecular weight excluding hydrogens is 310 g/mol. The molecular formula is C21H27N3O. The summed E-state index contributed by atoms with van der Waals surface area (Å²) in [4.78, 5) is 15.4. The van der Waals surface area contributed by atoms with Crippen LogP contribution in [0.4, 0.5) is 5.69 Å². The highest BCUT2D eigenvalue weighted by atomic mass is 16.2. The van der Waals surface area contributed by atoms with Crippen molar-refractivity contribution in [2.75, 3.05) is 11.4 Å². The molecule has 1 aliphatic heterocycles.